The minimum absolute atomic E-state index is 0.337. The van der Waals surface area contributed by atoms with Gasteiger partial charge in [-0.1, -0.05) is 12.1 Å². The van der Waals surface area contributed by atoms with Crippen molar-refractivity contribution >= 4 is 0 Å². The first kappa shape index (κ1) is 13.6. The molecule has 3 heteroatoms. The largest absolute Gasteiger partial charge is 0.494 e. The Hall–Kier alpha value is -1.87. The quantitative estimate of drug-likeness (QED) is 0.863. The first-order valence-electron chi connectivity index (χ1n) is 6.62. The highest BCUT2D eigenvalue weighted by molar-refractivity contribution is 5.35. The SMILES string of the molecule is CCOc1ccc(C(CNC)c2ccncc2)cc1. The zero-order valence-corrected chi connectivity index (χ0v) is 11.5. The van der Waals surface area contributed by atoms with Gasteiger partial charge in [0.25, 0.3) is 0 Å². The number of hydrogen-bond acceptors (Lipinski definition) is 3. The molecule has 0 bridgehead atoms. The molecule has 1 unspecified atom stereocenters. The Balaban J connectivity index is 2.24. The van der Waals surface area contributed by atoms with Crippen LogP contribution in [0.1, 0.15) is 24.0 Å². The van der Waals surface area contributed by atoms with E-state index in [4.69, 9.17) is 4.74 Å². The average Bonchev–Trinajstić information content (AvgIpc) is 2.47. The minimum atomic E-state index is 0.337. The summed E-state index contributed by atoms with van der Waals surface area (Å²) in [4.78, 5) is 4.08. The highest BCUT2D eigenvalue weighted by atomic mass is 16.5. The highest BCUT2D eigenvalue weighted by Gasteiger charge is 2.13. The van der Waals surface area contributed by atoms with Crippen molar-refractivity contribution < 1.29 is 4.74 Å². The van der Waals surface area contributed by atoms with E-state index >= 15 is 0 Å². The van der Waals surface area contributed by atoms with Crippen LogP contribution < -0.4 is 10.1 Å². The molecule has 100 valence electrons. The van der Waals surface area contributed by atoms with Crippen LogP contribution in [-0.2, 0) is 0 Å². The molecule has 0 aliphatic heterocycles. The van der Waals surface area contributed by atoms with E-state index in [0.29, 0.717) is 12.5 Å². The van der Waals surface area contributed by atoms with E-state index in [2.05, 4.69) is 34.6 Å². The molecule has 0 saturated carbocycles. The fourth-order valence-corrected chi connectivity index (χ4v) is 2.19. The molecule has 0 aliphatic rings. The van der Waals surface area contributed by atoms with Gasteiger partial charge in [0.1, 0.15) is 5.75 Å². The second-order valence-corrected chi connectivity index (χ2v) is 4.39. The molecule has 0 amide bonds. The Labute approximate surface area is 114 Å². The lowest BCUT2D eigenvalue weighted by Crippen LogP contribution is -2.18. The van der Waals surface area contributed by atoms with Crippen LogP contribution in [0.2, 0.25) is 0 Å². The monoisotopic (exact) mass is 256 g/mol. The predicted octanol–water partition coefficient (Wildman–Crippen LogP) is 2.83. The first-order valence-corrected chi connectivity index (χ1v) is 6.62. The molecule has 0 saturated heterocycles. The van der Waals surface area contributed by atoms with Crippen LogP contribution in [-0.4, -0.2) is 25.2 Å². The lowest BCUT2D eigenvalue weighted by molar-refractivity contribution is 0.340. The average molecular weight is 256 g/mol. The number of pyridine rings is 1. The standard InChI is InChI=1S/C16H20N2O/c1-3-19-15-6-4-13(5-7-15)16(12-17-2)14-8-10-18-11-9-14/h4-11,16-17H,3,12H2,1-2H3. The van der Waals surface area contributed by atoms with Crippen LogP contribution in [0.25, 0.3) is 0 Å². The van der Waals surface area contributed by atoms with Gasteiger partial charge in [-0.3, -0.25) is 4.98 Å². The van der Waals surface area contributed by atoms with Crippen molar-refractivity contribution in [2.45, 2.75) is 12.8 Å². The van der Waals surface area contributed by atoms with Gasteiger partial charge in [0.15, 0.2) is 0 Å². The van der Waals surface area contributed by atoms with Crippen molar-refractivity contribution in [2.75, 3.05) is 20.2 Å². The van der Waals surface area contributed by atoms with Crippen molar-refractivity contribution in [1.29, 1.82) is 0 Å². The molecule has 1 aromatic heterocycles. The Bertz CT molecular complexity index is 482. The van der Waals surface area contributed by atoms with E-state index in [1.165, 1.54) is 11.1 Å². The Morgan fingerprint density at radius 3 is 2.26 bits per heavy atom. The maximum absolute atomic E-state index is 5.48. The number of likely N-dealkylation sites (N-methyl/N-ethyl adjacent to an activating group) is 1. The molecule has 3 nitrogen and oxygen atoms in total. The van der Waals surface area contributed by atoms with Crippen molar-refractivity contribution in [3.05, 3.63) is 59.9 Å². The Morgan fingerprint density at radius 2 is 1.68 bits per heavy atom. The van der Waals surface area contributed by atoms with Crippen LogP contribution in [0.3, 0.4) is 0 Å². The second-order valence-electron chi connectivity index (χ2n) is 4.39. The third-order valence-electron chi connectivity index (χ3n) is 3.11. The molecule has 19 heavy (non-hydrogen) atoms. The summed E-state index contributed by atoms with van der Waals surface area (Å²) in [6, 6.07) is 12.5. The minimum Gasteiger partial charge on any atom is -0.494 e. The summed E-state index contributed by atoms with van der Waals surface area (Å²) in [6.07, 6.45) is 3.68. The van der Waals surface area contributed by atoms with Crippen LogP contribution >= 0.6 is 0 Å². The lowest BCUT2D eigenvalue weighted by atomic mass is 9.92. The Morgan fingerprint density at radius 1 is 1.05 bits per heavy atom. The van der Waals surface area contributed by atoms with Crippen molar-refractivity contribution in [1.82, 2.24) is 10.3 Å². The molecule has 0 spiro atoms. The van der Waals surface area contributed by atoms with Crippen LogP contribution in [0.4, 0.5) is 0 Å². The van der Waals surface area contributed by atoms with Gasteiger partial charge in [0, 0.05) is 24.9 Å². The fourth-order valence-electron chi connectivity index (χ4n) is 2.19. The van der Waals surface area contributed by atoms with Gasteiger partial charge in [-0.25, -0.2) is 0 Å². The van der Waals surface area contributed by atoms with Gasteiger partial charge in [-0.15, -0.1) is 0 Å². The van der Waals surface area contributed by atoms with Crippen LogP contribution in [0, 0.1) is 0 Å². The first-order chi connectivity index (χ1) is 9.35. The summed E-state index contributed by atoms with van der Waals surface area (Å²) in [5.41, 5.74) is 2.55. The zero-order valence-electron chi connectivity index (χ0n) is 11.5. The number of nitrogens with zero attached hydrogens (tertiary/aromatic N) is 1. The molecule has 2 rings (SSSR count). The fraction of sp³-hybridized carbons (Fsp3) is 0.312. The molecule has 2 aromatic rings. The van der Waals surface area contributed by atoms with Crippen molar-refractivity contribution in [3.63, 3.8) is 0 Å². The van der Waals surface area contributed by atoms with E-state index in [9.17, 15) is 0 Å². The van der Waals surface area contributed by atoms with Gasteiger partial charge in [0.05, 0.1) is 6.61 Å². The van der Waals surface area contributed by atoms with E-state index < -0.39 is 0 Å². The number of aromatic nitrogens is 1. The number of rotatable bonds is 6. The smallest absolute Gasteiger partial charge is 0.119 e. The third kappa shape index (κ3) is 3.55. The maximum atomic E-state index is 5.48. The van der Waals surface area contributed by atoms with E-state index in [0.717, 1.165) is 12.3 Å². The summed E-state index contributed by atoms with van der Waals surface area (Å²) in [5.74, 6) is 1.26. The predicted molar refractivity (Wildman–Crippen MR) is 77.6 cm³/mol. The summed E-state index contributed by atoms with van der Waals surface area (Å²) in [6.45, 7) is 3.59. The maximum Gasteiger partial charge on any atom is 0.119 e. The van der Waals surface area contributed by atoms with Gasteiger partial charge >= 0.3 is 0 Å². The molecular formula is C16H20N2O. The van der Waals surface area contributed by atoms with Gasteiger partial charge < -0.3 is 10.1 Å². The Kier molecular flexibility index (Phi) is 4.93. The molecule has 0 fully saturated rings. The summed E-state index contributed by atoms with van der Waals surface area (Å²) < 4.78 is 5.48. The zero-order chi connectivity index (χ0) is 13.5. The molecule has 1 atom stereocenters. The number of benzene rings is 1. The summed E-state index contributed by atoms with van der Waals surface area (Å²) in [7, 11) is 1.97. The highest BCUT2D eigenvalue weighted by Crippen LogP contribution is 2.25. The summed E-state index contributed by atoms with van der Waals surface area (Å²) in [5, 5.41) is 3.25. The molecule has 1 heterocycles. The second kappa shape index (κ2) is 6.90. The van der Waals surface area contributed by atoms with Gasteiger partial charge in [-0.2, -0.15) is 0 Å². The normalized spacial score (nSPS) is 12.1. The van der Waals surface area contributed by atoms with Gasteiger partial charge in [-0.05, 0) is 49.4 Å². The molecule has 1 N–H and O–H groups in total. The van der Waals surface area contributed by atoms with Crippen molar-refractivity contribution in [2.24, 2.45) is 0 Å². The van der Waals surface area contributed by atoms with E-state index in [-0.39, 0.29) is 0 Å². The van der Waals surface area contributed by atoms with Crippen LogP contribution in [0.5, 0.6) is 5.75 Å². The number of hydrogen-bond donors (Lipinski definition) is 1. The van der Waals surface area contributed by atoms with Gasteiger partial charge in [0.2, 0.25) is 0 Å². The number of nitrogens with one attached hydrogen (secondary N) is 1. The lowest BCUT2D eigenvalue weighted by Gasteiger charge is -2.18. The van der Waals surface area contributed by atoms with Crippen LogP contribution in [0.15, 0.2) is 48.8 Å². The number of ether oxygens (including phenoxy) is 1. The summed E-state index contributed by atoms with van der Waals surface area (Å²) >= 11 is 0. The van der Waals surface area contributed by atoms with E-state index in [1.54, 1.807) is 0 Å². The topological polar surface area (TPSA) is 34.1 Å². The van der Waals surface area contributed by atoms with E-state index in [1.807, 2.05) is 38.5 Å². The molecule has 1 aromatic carbocycles. The van der Waals surface area contributed by atoms with Crippen molar-refractivity contribution in [3.8, 4) is 5.75 Å². The molecular weight excluding hydrogens is 236 g/mol. The third-order valence-corrected chi connectivity index (χ3v) is 3.11. The molecule has 0 aliphatic carbocycles. The molecule has 0 radical (unpaired) electrons.